The fourth-order valence-corrected chi connectivity index (χ4v) is 3.25. The lowest BCUT2D eigenvalue weighted by atomic mass is 10.1. The van der Waals surface area contributed by atoms with Crippen molar-refractivity contribution in [2.75, 3.05) is 6.61 Å². The monoisotopic (exact) mass is 434 g/mol. The molecule has 0 radical (unpaired) electrons. The molecule has 0 aromatic heterocycles. The molecule has 0 aliphatic heterocycles. The highest BCUT2D eigenvalue weighted by molar-refractivity contribution is 6.74. The van der Waals surface area contributed by atoms with Crippen molar-refractivity contribution in [2.45, 2.75) is 63.6 Å². The van der Waals surface area contributed by atoms with Gasteiger partial charge in [0.25, 0.3) is 5.91 Å². The lowest BCUT2D eigenvalue weighted by Crippen LogP contribution is -2.48. The van der Waals surface area contributed by atoms with Crippen molar-refractivity contribution in [3.05, 3.63) is 35.4 Å². The Bertz CT molecular complexity index is 716. The molecule has 10 heteroatoms. The Morgan fingerprint density at radius 1 is 1.17 bits per heavy atom. The maximum absolute atomic E-state index is 12.6. The number of halogens is 3. The van der Waals surface area contributed by atoms with Crippen molar-refractivity contribution < 1.29 is 32.3 Å². The minimum atomic E-state index is -4.52. The van der Waals surface area contributed by atoms with Crippen molar-refractivity contribution in [3.63, 3.8) is 0 Å². The molecule has 29 heavy (non-hydrogen) atoms. The topological polar surface area (TPSA) is 102 Å². The number of amides is 2. The van der Waals surface area contributed by atoms with E-state index in [1.165, 1.54) is 0 Å². The van der Waals surface area contributed by atoms with E-state index in [0.29, 0.717) is 0 Å². The van der Waals surface area contributed by atoms with Crippen LogP contribution in [0, 0.1) is 0 Å². The van der Waals surface area contributed by atoms with Crippen LogP contribution >= 0.6 is 0 Å². The molecule has 2 amide bonds. The smallest absolute Gasteiger partial charge is 0.416 e. The number of nitrogens with one attached hydrogen (secondary N) is 1. The van der Waals surface area contributed by atoms with Crippen LogP contribution in [-0.4, -0.2) is 37.9 Å². The van der Waals surface area contributed by atoms with Crippen LogP contribution in [0.25, 0.3) is 0 Å². The van der Waals surface area contributed by atoms with Crippen LogP contribution in [0.4, 0.5) is 13.2 Å². The van der Waals surface area contributed by atoms with Crippen molar-refractivity contribution in [3.8, 4) is 0 Å². The van der Waals surface area contributed by atoms with Crippen LogP contribution in [0.5, 0.6) is 0 Å². The number of carbonyl (C=O) groups is 2. The van der Waals surface area contributed by atoms with Crippen LogP contribution in [0.3, 0.4) is 0 Å². The molecule has 0 fully saturated rings. The highest BCUT2D eigenvalue weighted by Crippen LogP contribution is 2.36. The van der Waals surface area contributed by atoms with Gasteiger partial charge < -0.3 is 20.6 Å². The summed E-state index contributed by atoms with van der Waals surface area (Å²) in [6.45, 7) is 10.5. The summed E-state index contributed by atoms with van der Waals surface area (Å²) in [5.74, 6) is -1.72. The first kappa shape index (κ1) is 25.1. The molecule has 0 spiro atoms. The quantitative estimate of drug-likeness (QED) is 0.547. The van der Waals surface area contributed by atoms with E-state index in [1.807, 2.05) is 13.1 Å². The molecule has 1 aromatic carbocycles. The summed E-state index contributed by atoms with van der Waals surface area (Å²) >= 11 is 0. The molecule has 0 heterocycles. The Morgan fingerprint density at radius 2 is 1.69 bits per heavy atom. The minimum absolute atomic E-state index is 0.0305. The predicted molar refractivity (Wildman–Crippen MR) is 105 cm³/mol. The first-order chi connectivity index (χ1) is 13.1. The van der Waals surface area contributed by atoms with E-state index in [4.69, 9.17) is 10.2 Å². The standard InChI is InChI=1S/C19H29F3N2O4Si/c1-18(2,3)29(4,5)28-11-10-14(16(23)26)24-17(27)15(25)12-6-8-13(9-7-12)19(20,21)22/h6-9,14-15,25H,10-11H2,1-5H3,(H2,23,26)(H,24,27)/t14-,15-/m1/s1. The van der Waals surface area contributed by atoms with Gasteiger partial charge in [0, 0.05) is 6.61 Å². The number of hydrogen-bond donors (Lipinski definition) is 3. The molecule has 1 rings (SSSR count). The second-order valence-electron chi connectivity index (χ2n) is 8.38. The first-order valence-corrected chi connectivity index (χ1v) is 12.1. The molecule has 6 nitrogen and oxygen atoms in total. The van der Waals surface area contributed by atoms with Gasteiger partial charge >= 0.3 is 6.18 Å². The molecule has 0 bridgehead atoms. The third-order valence-corrected chi connectivity index (χ3v) is 9.68. The lowest BCUT2D eigenvalue weighted by molar-refractivity contribution is -0.137. The molecule has 0 aliphatic rings. The second kappa shape index (κ2) is 9.27. The molecule has 164 valence electrons. The average Bonchev–Trinajstić information content (AvgIpc) is 2.58. The molecule has 0 saturated carbocycles. The highest BCUT2D eigenvalue weighted by Gasteiger charge is 2.37. The zero-order valence-corrected chi connectivity index (χ0v) is 18.3. The second-order valence-corrected chi connectivity index (χ2v) is 13.2. The van der Waals surface area contributed by atoms with E-state index >= 15 is 0 Å². The number of aliphatic hydroxyl groups excluding tert-OH is 1. The molecule has 2 atom stereocenters. The summed E-state index contributed by atoms with van der Waals surface area (Å²) in [6, 6.07) is 2.48. The van der Waals surface area contributed by atoms with Gasteiger partial charge in [0.05, 0.1) is 5.56 Å². The Morgan fingerprint density at radius 3 is 2.10 bits per heavy atom. The summed E-state index contributed by atoms with van der Waals surface area (Å²) in [6.07, 6.45) is -6.14. The molecule has 0 saturated heterocycles. The molecule has 4 N–H and O–H groups in total. The number of nitrogens with two attached hydrogens (primary N) is 1. The average molecular weight is 435 g/mol. The minimum Gasteiger partial charge on any atom is -0.417 e. The summed E-state index contributed by atoms with van der Waals surface area (Å²) in [4.78, 5) is 23.9. The number of primary amides is 1. The van der Waals surface area contributed by atoms with Crippen LogP contribution in [0.1, 0.15) is 44.4 Å². The number of aliphatic hydroxyl groups is 1. The van der Waals surface area contributed by atoms with Gasteiger partial charge in [-0.1, -0.05) is 32.9 Å². The largest absolute Gasteiger partial charge is 0.417 e. The van der Waals surface area contributed by atoms with E-state index in [9.17, 15) is 27.9 Å². The van der Waals surface area contributed by atoms with Crippen LogP contribution in [-0.2, 0) is 20.2 Å². The Kier molecular flexibility index (Phi) is 8.03. The number of benzene rings is 1. The number of rotatable bonds is 8. The third kappa shape index (κ3) is 7.13. The van der Waals surface area contributed by atoms with Crippen LogP contribution in [0.15, 0.2) is 24.3 Å². The van der Waals surface area contributed by atoms with Crippen molar-refractivity contribution in [2.24, 2.45) is 5.73 Å². The van der Waals surface area contributed by atoms with E-state index < -0.39 is 44.0 Å². The molecule has 1 aromatic rings. The predicted octanol–water partition coefficient (Wildman–Crippen LogP) is 3.12. The van der Waals surface area contributed by atoms with Gasteiger partial charge in [-0.05, 0) is 42.2 Å². The third-order valence-electron chi connectivity index (χ3n) is 5.14. The Labute approximate surface area is 169 Å². The lowest BCUT2D eigenvalue weighted by Gasteiger charge is -2.36. The van der Waals surface area contributed by atoms with Crippen molar-refractivity contribution >= 4 is 20.1 Å². The maximum atomic E-state index is 12.6. The maximum Gasteiger partial charge on any atom is 0.416 e. The van der Waals surface area contributed by atoms with Crippen LogP contribution < -0.4 is 11.1 Å². The Hall–Kier alpha value is -1.91. The number of hydrogen-bond acceptors (Lipinski definition) is 4. The van der Waals surface area contributed by atoms with Gasteiger partial charge in [0.2, 0.25) is 5.91 Å². The summed E-state index contributed by atoms with van der Waals surface area (Å²) in [5, 5.41) is 12.4. The van der Waals surface area contributed by atoms with Gasteiger partial charge in [-0.15, -0.1) is 0 Å². The number of alkyl halides is 3. The zero-order chi connectivity index (χ0) is 22.6. The van der Waals surface area contributed by atoms with Gasteiger partial charge in [-0.2, -0.15) is 13.2 Å². The van der Waals surface area contributed by atoms with E-state index in [-0.39, 0.29) is 23.6 Å². The molecular formula is C19H29F3N2O4Si. The Balaban J connectivity index is 2.73. The van der Waals surface area contributed by atoms with Gasteiger partial charge in [0.15, 0.2) is 14.4 Å². The van der Waals surface area contributed by atoms with E-state index in [0.717, 1.165) is 24.3 Å². The summed E-state index contributed by atoms with van der Waals surface area (Å²) < 4.78 is 43.8. The van der Waals surface area contributed by atoms with Crippen LogP contribution in [0.2, 0.25) is 18.1 Å². The SMILES string of the molecule is CC(C)(C)[Si](C)(C)OCC[C@@H](NC(=O)[C@H](O)c1ccc(C(F)(F)F)cc1)C(N)=O. The van der Waals surface area contributed by atoms with E-state index in [2.05, 4.69) is 26.1 Å². The van der Waals surface area contributed by atoms with Crippen molar-refractivity contribution in [1.82, 2.24) is 5.32 Å². The van der Waals surface area contributed by atoms with Crippen molar-refractivity contribution in [1.29, 1.82) is 0 Å². The number of carbonyl (C=O) groups excluding carboxylic acids is 2. The van der Waals surface area contributed by atoms with E-state index in [1.54, 1.807) is 0 Å². The van der Waals surface area contributed by atoms with Gasteiger partial charge in [-0.3, -0.25) is 9.59 Å². The molecule has 0 unspecified atom stereocenters. The summed E-state index contributed by atoms with van der Waals surface area (Å²) in [7, 11) is -2.05. The molecule has 0 aliphatic carbocycles. The fraction of sp³-hybridized carbons (Fsp3) is 0.579. The van der Waals surface area contributed by atoms with Gasteiger partial charge in [0.1, 0.15) is 6.04 Å². The fourth-order valence-electron chi connectivity index (χ4n) is 2.19. The highest BCUT2D eigenvalue weighted by atomic mass is 28.4. The van der Waals surface area contributed by atoms with Gasteiger partial charge in [-0.25, -0.2) is 0 Å². The first-order valence-electron chi connectivity index (χ1n) is 9.15. The zero-order valence-electron chi connectivity index (χ0n) is 17.3. The normalized spacial score (nSPS) is 14.9. The molecular weight excluding hydrogens is 405 g/mol. The summed E-state index contributed by atoms with van der Waals surface area (Å²) in [5.41, 5.74) is 4.39.